The lowest BCUT2D eigenvalue weighted by Gasteiger charge is -2.33. The molecule has 1 atom stereocenters. The molecular weight excluding hydrogens is 384 g/mol. The first kappa shape index (κ1) is 18.5. The molecule has 0 radical (unpaired) electrons. The molecule has 5 nitrogen and oxygen atoms in total. The predicted molar refractivity (Wildman–Crippen MR) is 104 cm³/mol. The molecule has 2 aliphatic heterocycles. The number of amides is 1. The monoisotopic (exact) mass is 404 g/mol. The highest BCUT2D eigenvalue weighted by atomic mass is 35.5. The highest BCUT2D eigenvalue weighted by Crippen LogP contribution is 2.29. The van der Waals surface area contributed by atoms with E-state index in [9.17, 15) is 13.2 Å². The van der Waals surface area contributed by atoms with Crippen LogP contribution in [0.5, 0.6) is 0 Å². The SMILES string of the molecule is O=C([C@@H]1CCCN1S(=O)(=O)c1ccc(Cl)cc1)N1CCc2ccccc2C1. The smallest absolute Gasteiger partial charge is 0.243 e. The maximum atomic E-state index is 13.2. The van der Waals surface area contributed by atoms with Crippen LogP contribution >= 0.6 is 11.6 Å². The zero-order valence-electron chi connectivity index (χ0n) is 14.8. The molecule has 0 bridgehead atoms. The van der Waals surface area contributed by atoms with E-state index in [0.29, 0.717) is 37.5 Å². The second-order valence-electron chi connectivity index (χ2n) is 7.01. The Morgan fingerprint density at radius 3 is 2.44 bits per heavy atom. The Hall–Kier alpha value is -1.89. The predicted octanol–water partition coefficient (Wildman–Crippen LogP) is 3.08. The van der Waals surface area contributed by atoms with E-state index >= 15 is 0 Å². The molecule has 7 heteroatoms. The van der Waals surface area contributed by atoms with Crippen molar-refractivity contribution in [3.8, 4) is 0 Å². The molecule has 2 aromatic carbocycles. The van der Waals surface area contributed by atoms with Gasteiger partial charge in [0.15, 0.2) is 0 Å². The van der Waals surface area contributed by atoms with Crippen LogP contribution < -0.4 is 0 Å². The number of nitrogens with zero attached hydrogens (tertiary/aromatic N) is 2. The quantitative estimate of drug-likeness (QED) is 0.789. The van der Waals surface area contributed by atoms with Gasteiger partial charge in [-0.15, -0.1) is 0 Å². The maximum absolute atomic E-state index is 13.2. The molecule has 1 saturated heterocycles. The molecule has 0 unspecified atom stereocenters. The third-order valence-electron chi connectivity index (χ3n) is 5.35. The molecule has 1 amide bonds. The van der Waals surface area contributed by atoms with Crippen LogP contribution in [0.3, 0.4) is 0 Å². The van der Waals surface area contributed by atoms with Gasteiger partial charge in [-0.1, -0.05) is 35.9 Å². The van der Waals surface area contributed by atoms with Crippen LogP contribution in [0.1, 0.15) is 24.0 Å². The van der Waals surface area contributed by atoms with E-state index in [1.807, 2.05) is 18.2 Å². The number of carbonyl (C=O) groups is 1. The molecule has 0 aliphatic carbocycles. The number of benzene rings is 2. The molecule has 2 heterocycles. The van der Waals surface area contributed by atoms with Gasteiger partial charge in [0.2, 0.25) is 15.9 Å². The first-order valence-electron chi connectivity index (χ1n) is 9.10. The van der Waals surface area contributed by atoms with E-state index in [1.54, 1.807) is 17.0 Å². The molecule has 0 saturated carbocycles. The maximum Gasteiger partial charge on any atom is 0.243 e. The molecule has 27 heavy (non-hydrogen) atoms. The summed E-state index contributed by atoms with van der Waals surface area (Å²) in [7, 11) is -3.72. The third-order valence-corrected chi connectivity index (χ3v) is 7.53. The van der Waals surface area contributed by atoms with Gasteiger partial charge in [-0.2, -0.15) is 4.31 Å². The van der Waals surface area contributed by atoms with Gasteiger partial charge < -0.3 is 4.90 Å². The number of hydrogen-bond acceptors (Lipinski definition) is 3. The molecule has 0 aromatic heterocycles. The first-order chi connectivity index (χ1) is 13.0. The second-order valence-corrected chi connectivity index (χ2v) is 9.33. The summed E-state index contributed by atoms with van der Waals surface area (Å²) in [5.74, 6) is -0.0976. The molecule has 2 aromatic rings. The minimum atomic E-state index is -3.72. The third kappa shape index (κ3) is 3.49. The molecule has 1 fully saturated rings. The van der Waals surface area contributed by atoms with Crippen LogP contribution in [-0.4, -0.2) is 42.7 Å². The van der Waals surface area contributed by atoms with Crippen molar-refractivity contribution in [2.75, 3.05) is 13.1 Å². The molecule has 142 valence electrons. The Bertz CT molecular complexity index is 959. The van der Waals surface area contributed by atoms with E-state index in [2.05, 4.69) is 6.07 Å². The summed E-state index contributed by atoms with van der Waals surface area (Å²) in [5, 5.41) is 0.481. The fourth-order valence-corrected chi connectivity index (χ4v) is 5.69. The number of carbonyl (C=O) groups excluding carboxylic acids is 1. The first-order valence-corrected chi connectivity index (χ1v) is 10.9. The zero-order valence-corrected chi connectivity index (χ0v) is 16.4. The summed E-state index contributed by atoms with van der Waals surface area (Å²) < 4.78 is 27.5. The van der Waals surface area contributed by atoms with Crippen molar-refractivity contribution in [1.29, 1.82) is 0 Å². The van der Waals surface area contributed by atoms with E-state index < -0.39 is 16.1 Å². The summed E-state index contributed by atoms with van der Waals surface area (Å²) in [5.41, 5.74) is 2.40. The van der Waals surface area contributed by atoms with Crippen molar-refractivity contribution in [3.63, 3.8) is 0 Å². The average Bonchev–Trinajstić information content (AvgIpc) is 3.18. The van der Waals surface area contributed by atoms with Crippen molar-refractivity contribution in [2.24, 2.45) is 0 Å². The van der Waals surface area contributed by atoms with Gasteiger partial charge in [-0.3, -0.25) is 4.79 Å². The summed E-state index contributed by atoms with van der Waals surface area (Å²) >= 11 is 5.87. The minimum absolute atomic E-state index is 0.0976. The largest absolute Gasteiger partial charge is 0.337 e. The van der Waals surface area contributed by atoms with Crippen molar-refractivity contribution < 1.29 is 13.2 Å². The zero-order chi connectivity index (χ0) is 19.0. The lowest BCUT2D eigenvalue weighted by atomic mass is 9.99. The van der Waals surface area contributed by atoms with E-state index in [-0.39, 0.29) is 10.8 Å². The summed E-state index contributed by atoms with van der Waals surface area (Å²) in [6.45, 7) is 1.54. The average molecular weight is 405 g/mol. The van der Waals surface area contributed by atoms with Gasteiger partial charge in [0.1, 0.15) is 6.04 Å². The van der Waals surface area contributed by atoms with Crippen LogP contribution in [0.15, 0.2) is 53.4 Å². The van der Waals surface area contributed by atoms with Crippen LogP contribution in [0.4, 0.5) is 0 Å². The van der Waals surface area contributed by atoms with Crippen molar-refractivity contribution in [2.45, 2.75) is 36.7 Å². The number of halogens is 1. The molecule has 4 rings (SSSR count). The van der Waals surface area contributed by atoms with Gasteiger partial charge in [0.25, 0.3) is 0 Å². The van der Waals surface area contributed by atoms with Crippen LogP contribution in [0, 0.1) is 0 Å². The van der Waals surface area contributed by atoms with Gasteiger partial charge in [-0.05, 0) is 54.7 Å². The summed E-state index contributed by atoms with van der Waals surface area (Å²) in [6.07, 6.45) is 2.05. The lowest BCUT2D eigenvalue weighted by molar-refractivity contribution is -0.135. The Kier molecular flexibility index (Phi) is 4.97. The minimum Gasteiger partial charge on any atom is -0.337 e. The van der Waals surface area contributed by atoms with Gasteiger partial charge in [0, 0.05) is 24.7 Å². The molecule has 2 aliphatic rings. The Labute approximate surface area is 164 Å². The van der Waals surface area contributed by atoms with Crippen molar-refractivity contribution in [1.82, 2.24) is 9.21 Å². The van der Waals surface area contributed by atoms with Gasteiger partial charge in [-0.25, -0.2) is 8.42 Å². The van der Waals surface area contributed by atoms with E-state index in [1.165, 1.54) is 22.0 Å². The number of fused-ring (bicyclic) bond motifs is 1. The summed E-state index contributed by atoms with van der Waals surface area (Å²) in [4.78, 5) is 15.1. The van der Waals surface area contributed by atoms with Crippen LogP contribution in [0.2, 0.25) is 5.02 Å². The lowest BCUT2D eigenvalue weighted by Crippen LogP contribution is -2.49. The highest BCUT2D eigenvalue weighted by Gasteiger charge is 2.41. The second kappa shape index (κ2) is 7.26. The molecular formula is C20H21ClN2O3S. The fraction of sp³-hybridized carbons (Fsp3) is 0.350. The van der Waals surface area contributed by atoms with Crippen LogP contribution in [-0.2, 0) is 27.8 Å². The standard InChI is InChI=1S/C20H21ClN2O3S/c21-17-7-9-18(10-8-17)27(25,26)23-12-3-6-19(23)20(24)22-13-11-15-4-1-2-5-16(15)14-22/h1-2,4-5,7-10,19H,3,6,11-14H2/t19-/m0/s1. The Balaban J connectivity index is 1.56. The number of hydrogen-bond donors (Lipinski definition) is 0. The number of sulfonamides is 1. The summed E-state index contributed by atoms with van der Waals surface area (Å²) in [6, 6.07) is 13.6. The Morgan fingerprint density at radius 1 is 1.00 bits per heavy atom. The van der Waals surface area contributed by atoms with E-state index in [0.717, 1.165) is 12.0 Å². The molecule has 0 spiro atoms. The molecule has 0 N–H and O–H groups in total. The van der Waals surface area contributed by atoms with Crippen molar-refractivity contribution in [3.05, 3.63) is 64.7 Å². The van der Waals surface area contributed by atoms with Gasteiger partial charge >= 0.3 is 0 Å². The van der Waals surface area contributed by atoms with Crippen molar-refractivity contribution >= 4 is 27.5 Å². The highest BCUT2D eigenvalue weighted by molar-refractivity contribution is 7.89. The normalized spacial score (nSPS) is 20.5. The Morgan fingerprint density at radius 2 is 1.70 bits per heavy atom. The fourth-order valence-electron chi connectivity index (χ4n) is 3.91. The topological polar surface area (TPSA) is 57.7 Å². The van der Waals surface area contributed by atoms with Gasteiger partial charge in [0.05, 0.1) is 4.90 Å². The van der Waals surface area contributed by atoms with Crippen LogP contribution in [0.25, 0.3) is 0 Å². The van der Waals surface area contributed by atoms with E-state index in [4.69, 9.17) is 11.6 Å². The number of rotatable bonds is 3.